The molecule has 0 heterocycles. The maximum atomic E-state index is 2.48. The quantitative estimate of drug-likeness (QED) is 0.115. The van der Waals surface area contributed by atoms with Gasteiger partial charge >= 0.3 is 0 Å². The van der Waals surface area contributed by atoms with Gasteiger partial charge in [0.2, 0.25) is 0 Å². The van der Waals surface area contributed by atoms with E-state index < -0.39 is 0 Å². The first-order chi connectivity index (χ1) is 31.8. The minimum Gasteiger partial charge on any atom is -0.334 e. The van der Waals surface area contributed by atoms with E-state index in [0.717, 1.165) is 76.1 Å². The van der Waals surface area contributed by atoms with Gasteiger partial charge in [-0.15, -0.1) is 0 Å². The van der Waals surface area contributed by atoms with Crippen LogP contribution in [-0.2, 0) is 0 Å². The van der Waals surface area contributed by atoms with Crippen LogP contribution in [0, 0.1) is 0 Å². The minimum absolute atomic E-state index is 0.0803. The van der Waals surface area contributed by atoms with Crippen molar-refractivity contribution in [1.29, 1.82) is 0 Å². The van der Waals surface area contributed by atoms with Crippen molar-refractivity contribution in [2.24, 2.45) is 0 Å². The summed E-state index contributed by atoms with van der Waals surface area (Å²) in [5.74, 6) is 0. The Kier molecular flexibility index (Phi) is 11.8. The Bertz CT molecular complexity index is 2830. The van der Waals surface area contributed by atoms with Crippen molar-refractivity contribution < 1.29 is 0 Å². The summed E-state index contributed by atoms with van der Waals surface area (Å²) in [7, 11) is 0. The molecule has 0 saturated heterocycles. The second kappa shape index (κ2) is 18.9. The van der Waals surface area contributed by atoms with Gasteiger partial charge in [-0.3, -0.25) is 0 Å². The number of allylic oxidation sites excluding steroid dienone is 4. The van der Waals surface area contributed by atoms with Crippen molar-refractivity contribution in [3.05, 3.63) is 272 Å². The van der Waals surface area contributed by atoms with Gasteiger partial charge in [-0.2, -0.15) is 0 Å². The predicted molar refractivity (Wildman–Crippen MR) is 271 cm³/mol. The number of nitrogens with zero attached hydrogens (tertiary/aromatic N) is 4. The van der Waals surface area contributed by atoms with E-state index in [4.69, 9.17) is 0 Å². The summed E-state index contributed by atoms with van der Waals surface area (Å²) in [5.41, 5.74) is 14.9. The van der Waals surface area contributed by atoms with Crippen LogP contribution in [0.3, 0.4) is 0 Å². The highest BCUT2D eigenvalue weighted by atomic mass is 15.2. The average Bonchev–Trinajstić information content (AvgIpc) is 3.38. The second-order valence-corrected chi connectivity index (χ2v) is 16.1. The highest BCUT2D eigenvalue weighted by Crippen LogP contribution is 2.41. The summed E-state index contributed by atoms with van der Waals surface area (Å²) in [6, 6.07) is 80.2. The molecule has 2 aliphatic rings. The molecule has 0 N–H and O–H groups in total. The van der Waals surface area contributed by atoms with Gasteiger partial charge in [0.25, 0.3) is 0 Å². The van der Waals surface area contributed by atoms with Crippen molar-refractivity contribution in [3.63, 3.8) is 0 Å². The molecule has 8 aromatic carbocycles. The van der Waals surface area contributed by atoms with Gasteiger partial charge in [-0.25, -0.2) is 0 Å². The van der Waals surface area contributed by atoms with Crippen LogP contribution in [0.25, 0.3) is 11.1 Å². The van der Waals surface area contributed by atoms with Crippen molar-refractivity contribution in [2.45, 2.75) is 25.3 Å². The van der Waals surface area contributed by atoms with E-state index in [1.54, 1.807) is 0 Å². The third-order valence-electron chi connectivity index (χ3n) is 11.9. The monoisotopic (exact) mass is 826 g/mol. The Morgan fingerprint density at radius 2 is 0.656 bits per heavy atom. The van der Waals surface area contributed by atoms with Crippen LogP contribution in [0.15, 0.2) is 272 Å². The molecule has 0 aromatic heterocycles. The average molecular weight is 827 g/mol. The molecule has 0 spiro atoms. The zero-order valence-electron chi connectivity index (χ0n) is 35.8. The number of rotatable bonds is 13. The molecule has 64 heavy (non-hydrogen) atoms. The minimum atomic E-state index is 0.0803. The molecule has 4 heteroatoms. The Labute approximate surface area is 377 Å². The normalized spacial score (nSPS) is 14.3. The standard InChI is InChI=1S/C60H50N4/c1-7-19-47(20-8-1)48-31-33-54(34-32-48)64(59-43-37-56(38-44-59)62(51-25-13-4-14-26-51)52-27-15-5-16-28-52)60-45-41-58(42-46-60)63(53-29-17-6-18-30-53)57-39-35-55(36-40-57)61(49-21-9-2-10-22-49)50-23-11-3-12-24-50/h1-4,6-15,17-45,60H,5,16,46H2. The predicted octanol–water partition coefficient (Wildman–Crippen LogP) is 16.4. The van der Waals surface area contributed by atoms with Gasteiger partial charge in [0.15, 0.2) is 0 Å². The van der Waals surface area contributed by atoms with Gasteiger partial charge in [-0.1, -0.05) is 140 Å². The zero-order valence-corrected chi connectivity index (χ0v) is 35.8. The maximum absolute atomic E-state index is 2.48. The largest absolute Gasteiger partial charge is 0.334 e. The van der Waals surface area contributed by atoms with Crippen LogP contribution in [0.4, 0.5) is 51.2 Å². The Hall–Kier alpha value is -8.08. The summed E-state index contributed by atoms with van der Waals surface area (Å²) >= 11 is 0. The smallest absolute Gasteiger partial charge is 0.0561 e. The third kappa shape index (κ3) is 8.68. The fourth-order valence-electron chi connectivity index (χ4n) is 8.86. The van der Waals surface area contributed by atoms with Gasteiger partial charge < -0.3 is 19.6 Å². The fourth-order valence-corrected chi connectivity index (χ4v) is 8.86. The molecule has 0 fully saturated rings. The Morgan fingerprint density at radius 3 is 1.08 bits per heavy atom. The molecule has 0 radical (unpaired) electrons. The maximum Gasteiger partial charge on any atom is 0.0561 e. The zero-order chi connectivity index (χ0) is 42.9. The van der Waals surface area contributed by atoms with Crippen LogP contribution in [0.2, 0.25) is 0 Å². The highest BCUT2D eigenvalue weighted by molar-refractivity contribution is 5.80. The summed E-state index contributed by atoms with van der Waals surface area (Å²) in [4.78, 5) is 9.52. The number of anilines is 9. The van der Waals surface area contributed by atoms with Crippen LogP contribution in [0.1, 0.15) is 19.3 Å². The summed E-state index contributed by atoms with van der Waals surface area (Å²) < 4.78 is 0. The number of benzene rings is 8. The highest BCUT2D eigenvalue weighted by Gasteiger charge is 2.24. The molecule has 1 unspecified atom stereocenters. The van der Waals surface area contributed by atoms with E-state index in [1.165, 1.54) is 16.8 Å². The van der Waals surface area contributed by atoms with Gasteiger partial charge in [0.05, 0.1) is 6.04 Å². The second-order valence-electron chi connectivity index (χ2n) is 16.1. The van der Waals surface area contributed by atoms with E-state index in [0.29, 0.717) is 0 Å². The summed E-state index contributed by atoms with van der Waals surface area (Å²) in [5, 5.41) is 0. The van der Waals surface area contributed by atoms with Crippen LogP contribution in [0.5, 0.6) is 0 Å². The molecule has 2 aliphatic carbocycles. The Morgan fingerprint density at radius 1 is 0.297 bits per heavy atom. The fraction of sp³-hybridized carbons (Fsp3) is 0.0667. The van der Waals surface area contributed by atoms with Crippen molar-refractivity contribution in [3.8, 4) is 11.1 Å². The van der Waals surface area contributed by atoms with E-state index in [2.05, 4.69) is 281 Å². The summed E-state index contributed by atoms with van der Waals surface area (Å²) in [6.45, 7) is 0. The van der Waals surface area contributed by atoms with Crippen LogP contribution >= 0.6 is 0 Å². The lowest BCUT2D eigenvalue weighted by atomic mass is 10.0. The molecular formula is C60H50N4. The first-order valence-corrected chi connectivity index (χ1v) is 22.3. The van der Waals surface area contributed by atoms with Crippen molar-refractivity contribution in [1.82, 2.24) is 0 Å². The molecule has 4 nitrogen and oxygen atoms in total. The Balaban J connectivity index is 0.982. The first kappa shape index (κ1) is 40.0. The number of para-hydroxylation sites is 4. The topological polar surface area (TPSA) is 13.0 Å². The molecule has 0 saturated carbocycles. The van der Waals surface area contributed by atoms with Crippen LogP contribution in [-0.4, -0.2) is 6.04 Å². The molecule has 8 aromatic rings. The van der Waals surface area contributed by atoms with Crippen molar-refractivity contribution in [2.75, 3.05) is 19.6 Å². The van der Waals surface area contributed by atoms with Gasteiger partial charge in [-0.05, 0) is 152 Å². The molecule has 0 aliphatic heterocycles. The van der Waals surface area contributed by atoms with Crippen molar-refractivity contribution >= 4 is 51.2 Å². The van der Waals surface area contributed by atoms with Gasteiger partial charge in [0, 0.05) is 62.6 Å². The lowest BCUT2D eigenvalue weighted by Crippen LogP contribution is -2.31. The van der Waals surface area contributed by atoms with E-state index in [9.17, 15) is 0 Å². The van der Waals surface area contributed by atoms with Crippen LogP contribution < -0.4 is 19.6 Å². The lowest BCUT2D eigenvalue weighted by molar-refractivity contribution is 0.776. The first-order valence-electron chi connectivity index (χ1n) is 22.3. The molecule has 0 bridgehead atoms. The molecule has 0 amide bonds. The molecule has 1 atom stereocenters. The SMILES string of the molecule is C1=CC(N(c2ccccc2)c2ccc(N(c3ccc(-c4ccccc4)cc3)C3C=CC(N(c4ccccc4)c4ccc(N(c5ccccc5)c5ccccc5)cc4)=CC3)cc2)=CCC1. The number of hydrogen-bond donors (Lipinski definition) is 0. The molecule has 10 rings (SSSR count). The van der Waals surface area contributed by atoms with Gasteiger partial charge in [0.1, 0.15) is 0 Å². The number of hydrogen-bond acceptors (Lipinski definition) is 4. The third-order valence-corrected chi connectivity index (χ3v) is 11.9. The summed E-state index contributed by atoms with van der Waals surface area (Å²) in [6.07, 6.45) is 16.9. The van der Waals surface area contributed by atoms with E-state index >= 15 is 0 Å². The van der Waals surface area contributed by atoms with E-state index in [1.807, 2.05) is 0 Å². The molecular weight excluding hydrogens is 777 g/mol. The lowest BCUT2D eigenvalue weighted by Gasteiger charge is -2.35. The van der Waals surface area contributed by atoms with E-state index in [-0.39, 0.29) is 6.04 Å². The molecule has 310 valence electrons.